The quantitative estimate of drug-likeness (QED) is 0.153. The molecule has 0 saturated heterocycles. The van der Waals surface area contributed by atoms with Crippen molar-refractivity contribution in [2.75, 3.05) is 23.7 Å². The Kier molecular flexibility index (Phi) is 9.48. The Morgan fingerprint density at radius 3 is 2.42 bits per heavy atom. The van der Waals surface area contributed by atoms with Gasteiger partial charge in [-0.25, -0.2) is 4.98 Å². The van der Waals surface area contributed by atoms with Crippen LogP contribution >= 0.6 is 0 Å². The van der Waals surface area contributed by atoms with Crippen molar-refractivity contribution in [2.24, 2.45) is 5.92 Å². The maximum absolute atomic E-state index is 12.7. The number of anilines is 2. The Morgan fingerprint density at radius 2 is 1.73 bits per heavy atom. The summed E-state index contributed by atoms with van der Waals surface area (Å²) in [5.74, 6) is -0.0271. The first-order chi connectivity index (χ1) is 19.2. The monoisotopic (exact) mass is 558 g/mol. The van der Waals surface area contributed by atoms with E-state index in [1.807, 2.05) is 18.2 Å². The van der Waals surface area contributed by atoms with Crippen LogP contribution in [0.4, 0.5) is 30.6 Å². The lowest BCUT2D eigenvalue weighted by molar-refractivity contribution is -0.384. The van der Waals surface area contributed by atoms with E-state index in [0.717, 1.165) is 31.9 Å². The lowest BCUT2D eigenvalue weighted by atomic mass is 9.86. The number of nitrogens with zero attached hydrogens (tertiary/aromatic N) is 3. The van der Waals surface area contributed by atoms with Crippen LogP contribution in [0.15, 0.2) is 60.8 Å². The molecule has 0 amide bonds. The number of rotatable bonds is 12. The van der Waals surface area contributed by atoms with Gasteiger partial charge in [-0.3, -0.25) is 14.9 Å². The molecule has 0 atom stereocenters. The highest BCUT2D eigenvalue weighted by Gasteiger charge is 2.32. The second kappa shape index (κ2) is 13.2. The average molecular weight is 559 g/mol. The highest BCUT2D eigenvalue weighted by molar-refractivity contribution is 5.97. The van der Waals surface area contributed by atoms with Crippen LogP contribution < -0.4 is 20.7 Å². The molecular weight excluding hydrogens is 529 g/mol. The molecule has 212 valence electrons. The highest BCUT2D eigenvalue weighted by atomic mass is 19.4. The van der Waals surface area contributed by atoms with E-state index in [9.17, 15) is 28.1 Å². The first-order valence-corrected chi connectivity index (χ1v) is 12.8. The van der Waals surface area contributed by atoms with Crippen LogP contribution in [0.2, 0.25) is 0 Å². The van der Waals surface area contributed by atoms with Crippen LogP contribution in [-0.2, 0) is 6.54 Å². The Bertz CT molecular complexity index is 1300. The molecule has 1 aromatic heterocycles. The molecule has 2 aromatic carbocycles. The van der Waals surface area contributed by atoms with Crippen LogP contribution in [0.1, 0.15) is 41.6 Å². The highest BCUT2D eigenvalue weighted by Crippen LogP contribution is 2.29. The number of hydrogen-bond donors (Lipinski definition) is 3. The summed E-state index contributed by atoms with van der Waals surface area (Å²) in [5.41, 5.74) is 0.584. The first-order valence-electron chi connectivity index (χ1n) is 12.8. The van der Waals surface area contributed by atoms with Crippen molar-refractivity contribution in [1.29, 1.82) is 0 Å². The zero-order chi connectivity index (χ0) is 28.5. The molecule has 1 heterocycles. The second-order valence-electron chi connectivity index (χ2n) is 9.46. The lowest BCUT2D eigenvalue weighted by Gasteiger charge is -2.29. The number of nitrogens with one attached hydrogen (secondary N) is 3. The third-order valence-corrected chi connectivity index (χ3v) is 6.65. The third-order valence-electron chi connectivity index (χ3n) is 6.65. The maximum atomic E-state index is 12.7. The summed E-state index contributed by atoms with van der Waals surface area (Å²) in [6.45, 7) is 0.635. The van der Waals surface area contributed by atoms with E-state index >= 15 is 0 Å². The van der Waals surface area contributed by atoms with Gasteiger partial charge in [0.15, 0.2) is 5.78 Å². The third kappa shape index (κ3) is 8.37. The number of hydrogen-bond acceptors (Lipinski definition) is 9. The zero-order valence-electron chi connectivity index (χ0n) is 21.5. The van der Waals surface area contributed by atoms with Gasteiger partial charge in [-0.1, -0.05) is 48.5 Å². The molecule has 1 aliphatic carbocycles. The minimum atomic E-state index is -4.84. The van der Waals surface area contributed by atoms with Crippen molar-refractivity contribution in [3.63, 3.8) is 0 Å². The van der Waals surface area contributed by atoms with E-state index in [1.54, 1.807) is 18.2 Å². The van der Waals surface area contributed by atoms with Crippen LogP contribution in [0.25, 0.3) is 0 Å². The molecule has 0 unspecified atom stereocenters. The SMILES string of the molecule is O=C(CNC1CCC(CNc2nc(NCc3ccccc3OC(F)(F)F)ncc2[N+](=O)[O-])CC1)c1ccccc1. The Morgan fingerprint density at radius 1 is 1.02 bits per heavy atom. The molecular formula is C27H29F3N6O4. The molecule has 0 aliphatic heterocycles. The van der Waals surface area contributed by atoms with Gasteiger partial charge in [-0.2, -0.15) is 4.98 Å². The molecule has 0 bridgehead atoms. The van der Waals surface area contributed by atoms with Crippen LogP contribution in [0.3, 0.4) is 0 Å². The Hall–Kier alpha value is -4.26. The van der Waals surface area contributed by atoms with Crippen molar-refractivity contribution in [3.8, 4) is 5.75 Å². The number of alkyl halides is 3. The zero-order valence-corrected chi connectivity index (χ0v) is 21.5. The normalized spacial score (nSPS) is 17.2. The van der Waals surface area contributed by atoms with Gasteiger partial charge in [-0.15, -0.1) is 13.2 Å². The van der Waals surface area contributed by atoms with E-state index < -0.39 is 11.3 Å². The number of carbonyl (C=O) groups excluding carboxylic acids is 1. The Balaban J connectivity index is 1.29. The number of aromatic nitrogens is 2. The fourth-order valence-electron chi connectivity index (χ4n) is 4.55. The summed E-state index contributed by atoms with van der Waals surface area (Å²) in [7, 11) is 0. The van der Waals surface area contributed by atoms with Gasteiger partial charge in [0, 0.05) is 30.3 Å². The van der Waals surface area contributed by atoms with E-state index in [4.69, 9.17) is 0 Å². The van der Waals surface area contributed by atoms with Crippen molar-refractivity contribution < 1.29 is 27.6 Å². The smallest absolute Gasteiger partial charge is 0.405 e. The number of ether oxygens (including phenoxy) is 1. The predicted octanol–water partition coefficient (Wildman–Crippen LogP) is 5.34. The molecule has 1 fully saturated rings. The van der Waals surface area contributed by atoms with Crippen LogP contribution in [0.5, 0.6) is 5.75 Å². The van der Waals surface area contributed by atoms with Crippen molar-refractivity contribution >= 4 is 23.2 Å². The summed E-state index contributed by atoms with van der Waals surface area (Å²) in [5, 5.41) is 20.7. The fourth-order valence-corrected chi connectivity index (χ4v) is 4.55. The van der Waals surface area contributed by atoms with Gasteiger partial charge in [-0.05, 0) is 37.7 Å². The standard InChI is InChI=1S/C27H29F3N6O4/c28-27(29,30)40-24-9-5-4-8-20(24)15-33-26-34-16-22(36(38)39)25(35-26)32-14-18-10-12-21(13-11-18)31-17-23(37)19-6-2-1-3-7-19/h1-9,16,18,21,31H,10-15,17H2,(H2,32,33,34,35). The van der Waals surface area contributed by atoms with E-state index in [0.29, 0.717) is 12.1 Å². The molecule has 40 heavy (non-hydrogen) atoms. The molecule has 0 spiro atoms. The number of ketones is 1. The summed E-state index contributed by atoms with van der Waals surface area (Å²) in [4.78, 5) is 31.4. The average Bonchev–Trinajstić information content (AvgIpc) is 2.94. The number of para-hydroxylation sites is 1. The fraction of sp³-hybridized carbons (Fsp3) is 0.370. The van der Waals surface area contributed by atoms with Gasteiger partial charge in [0.2, 0.25) is 11.8 Å². The van der Waals surface area contributed by atoms with Crippen LogP contribution in [-0.4, -0.2) is 46.2 Å². The van der Waals surface area contributed by atoms with Gasteiger partial charge in [0.25, 0.3) is 0 Å². The summed E-state index contributed by atoms with van der Waals surface area (Å²) >= 11 is 0. The predicted molar refractivity (Wildman–Crippen MR) is 142 cm³/mol. The van der Waals surface area contributed by atoms with Gasteiger partial charge < -0.3 is 20.7 Å². The summed E-state index contributed by atoms with van der Waals surface area (Å²) in [6, 6.07) is 15.0. The number of halogens is 3. The first kappa shape index (κ1) is 28.7. The van der Waals surface area contributed by atoms with Crippen molar-refractivity contribution in [3.05, 3.63) is 82.0 Å². The molecule has 0 radical (unpaired) electrons. The molecule has 3 N–H and O–H groups in total. The minimum absolute atomic E-state index is 0.0194. The molecule has 1 saturated carbocycles. The van der Waals surface area contributed by atoms with Gasteiger partial charge in [0.05, 0.1) is 11.5 Å². The molecule has 3 aromatic rings. The maximum Gasteiger partial charge on any atom is 0.573 e. The van der Waals surface area contributed by atoms with Crippen molar-refractivity contribution in [2.45, 2.75) is 44.6 Å². The molecule has 4 rings (SSSR count). The molecule has 1 aliphatic rings. The van der Waals surface area contributed by atoms with Crippen molar-refractivity contribution in [1.82, 2.24) is 15.3 Å². The van der Waals surface area contributed by atoms with Gasteiger partial charge in [0.1, 0.15) is 11.9 Å². The lowest BCUT2D eigenvalue weighted by Crippen LogP contribution is -2.37. The topological polar surface area (TPSA) is 131 Å². The molecule has 10 nitrogen and oxygen atoms in total. The largest absolute Gasteiger partial charge is 0.573 e. The minimum Gasteiger partial charge on any atom is -0.405 e. The van der Waals surface area contributed by atoms with Gasteiger partial charge >= 0.3 is 12.0 Å². The van der Waals surface area contributed by atoms with E-state index in [-0.39, 0.29) is 59.6 Å². The number of carbonyl (C=O) groups is 1. The second-order valence-corrected chi connectivity index (χ2v) is 9.46. The number of benzene rings is 2. The number of Topliss-reactive ketones (excluding diaryl/α,β-unsaturated/α-hetero) is 1. The van der Waals surface area contributed by atoms with Crippen LogP contribution in [0, 0.1) is 16.0 Å². The van der Waals surface area contributed by atoms with E-state index in [2.05, 4.69) is 30.7 Å². The molecule has 13 heteroatoms. The summed E-state index contributed by atoms with van der Waals surface area (Å²) < 4.78 is 42.1. The van der Waals surface area contributed by atoms with E-state index in [1.165, 1.54) is 18.2 Å². The number of nitro groups is 1. The summed E-state index contributed by atoms with van der Waals surface area (Å²) in [6.07, 6.45) is -0.320. The Labute approximate surface area is 228 Å².